The number of para-hydroxylation sites is 2. The number of hydrogen-bond acceptors (Lipinski definition) is 5. The Kier molecular flexibility index (Phi) is 10.3. The standard InChI is InChI=1S/C30H34ClN3O4/c1-36-25-9-7-10-26(21-25)37-20-8-19-34-28-12-5-4-11-27(28)33-29(34)13-3-2-6-18-32-30(35)22-38-24-16-14-23(31)15-17-24/h4-5,7,9-12,14-17,21H,2-3,6,8,13,18-20,22H2,1H3,(H,32,35). The minimum absolute atomic E-state index is 0.00676. The molecule has 1 aromatic heterocycles. The fraction of sp³-hybridized carbons (Fsp3) is 0.333. The van der Waals surface area contributed by atoms with Gasteiger partial charge in [-0.2, -0.15) is 0 Å². The van der Waals surface area contributed by atoms with Crippen LogP contribution in [0.15, 0.2) is 72.8 Å². The summed E-state index contributed by atoms with van der Waals surface area (Å²) < 4.78 is 19.0. The zero-order valence-electron chi connectivity index (χ0n) is 21.7. The first-order chi connectivity index (χ1) is 18.6. The highest BCUT2D eigenvalue weighted by Crippen LogP contribution is 2.21. The molecule has 4 aromatic rings. The molecule has 0 unspecified atom stereocenters. The number of carbonyl (C=O) groups is 1. The number of ether oxygens (including phenoxy) is 3. The summed E-state index contributed by atoms with van der Waals surface area (Å²) in [5, 5.41) is 3.55. The Labute approximate surface area is 228 Å². The first-order valence-electron chi connectivity index (χ1n) is 13.0. The Hall–Kier alpha value is -3.71. The summed E-state index contributed by atoms with van der Waals surface area (Å²) in [7, 11) is 1.65. The molecule has 0 atom stereocenters. The predicted octanol–water partition coefficient (Wildman–Crippen LogP) is 6.08. The average Bonchev–Trinajstić information content (AvgIpc) is 3.30. The molecule has 38 heavy (non-hydrogen) atoms. The van der Waals surface area contributed by atoms with E-state index < -0.39 is 0 Å². The zero-order chi connectivity index (χ0) is 26.6. The van der Waals surface area contributed by atoms with Crippen LogP contribution in [0.25, 0.3) is 11.0 Å². The van der Waals surface area contributed by atoms with Crippen molar-refractivity contribution in [1.29, 1.82) is 0 Å². The van der Waals surface area contributed by atoms with Gasteiger partial charge in [-0.3, -0.25) is 4.79 Å². The van der Waals surface area contributed by atoms with Crippen LogP contribution in [0, 0.1) is 0 Å². The quantitative estimate of drug-likeness (QED) is 0.187. The normalized spacial score (nSPS) is 10.9. The number of amides is 1. The maximum atomic E-state index is 12.0. The smallest absolute Gasteiger partial charge is 0.257 e. The highest BCUT2D eigenvalue weighted by atomic mass is 35.5. The van der Waals surface area contributed by atoms with Crippen LogP contribution in [0.5, 0.6) is 17.2 Å². The second kappa shape index (κ2) is 14.3. The van der Waals surface area contributed by atoms with Gasteiger partial charge in [-0.25, -0.2) is 4.98 Å². The number of fused-ring (bicyclic) bond motifs is 1. The van der Waals surface area contributed by atoms with Crippen molar-refractivity contribution in [3.63, 3.8) is 0 Å². The fourth-order valence-electron chi connectivity index (χ4n) is 4.21. The lowest BCUT2D eigenvalue weighted by Crippen LogP contribution is -2.29. The monoisotopic (exact) mass is 535 g/mol. The first-order valence-corrected chi connectivity index (χ1v) is 13.4. The number of aryl methyl sites for hydroxylation is 2. The Balaban J connectivity index is 1.18. The third kappa shape index (κ3) is 8.15. The van der Waals surface area contributed by atoms with Gasteiger partial charge in [0.2, 0.25) is 0 Å². The van der Waals surface area contributed by atoms with E-state index in [1.165, 1.54) is 0 Å². The van der Waals surface area contributed by atoms with Crippen molar-refractivity contribution in [2.45, 2.75) is 38.6 Å². The van der Waals surface area contributed by atoms with E-state index in [4.69, 9.17) is 30.8 Å². The number of hydrogen-bond donors (Lipinski definition) is 1. The average molecular weight is 536 g/mol. The Morgan fingerprint density at radius 1 is 0.895 bits per heavy atom. The lowest BCUT2D eigenvalue weighted by Gasteiger charge is -2.11. The molecule has 4 rings (SSSR count). The second-order valence-electron chi connectivity index (χ2n) is 8.95. The molecular formula is C30H34ClN3O4. The van der Waals surface area contributed by atoms with Gasteiger partial charge in [-0.1, -0.05) is 36.2 Å². The van der Waals surface area contributed by atoms with E-state index in [0.717, 1.165) is 67.0 Å². The Morgan fingerprint density at radius 3 is 2.55 bits per heavy atom. The molecule has 1 amide bonds. The predicted molar refractivity (Wildman–Crippen MR) is 150 cm³/mol. The summed E-state index contributed by atoms with van der Waals surface area (Å²) in [5.74, 6) is 3.19. The number of unbranched alkanes of at least 4 members (excludes halogenated alkanes) is 2. The number of rotatable bonds is 15. The van der Waals surface area contributed by atoms with Gasteiger partial charge in [-0.05, 0) is 67.8 Å². The van der Waals surface area contributed by atoms with E-state index in [1.54, 1.807) is 31.4 Å². The molecule has 0 saturated carbocycles. The number of benzene rings is 3. The minimum atomic E-state index is -0.127. The Morgan fingerprint density at radius 2 is 1.71 bits per heavy atom. The number of aromatic nitrogens is 2. The van der Waals surface area contributed by atoms with Gasteiger partial charge < -0.3 is 24.1 Å². The number of nitrogens with one attached hydrogen (secondary N) is 1. The van der Waals surface area contributed by atoms with Gasteiger partial charge in [0.15, 0.2) is 6.61 Å². The van der Waals surface area contributed by atoms with Gasteiger partial charge in [0, 0.05) is 30.6 Å². The van der Waals surface area contributed by atoms with Crippen LogP contribution in [-0.2, 0) is 17.8 Å². The molecule has 0 fully saturated rings. The lowest BCUT2D eigenvalue weighted by molar-refractivity contribution is -0.123. The molecule has 0 aliphatic rings. The molecule has 1 heterocycles. The van der Waals surface area contributed by atoms with Gasteiger partial charge in [0.25, 0.3) is 5.91 Å². The minimum Gasteiger partial charge on any atom is -0.497 e. The van der Waals surface area contributed by atoms with Crippen LogP contribution in [0.2, 0.25) is 5.02 Å². The molecule has 0 spiro atoms. The molecule has 0 bridgehead atoms. The Bertz CT molecular complexity index is 1310. The van der Waals surface area contributed by atoms with Crippen molar-refractivity contribution in [1.82, 2.24) is 14.9 Å². The van der Waals surface area contributed by atoms with E-state index in [1.807, 2.05) is 30.3 Å². The molecule has 0 saturated heterocycles. The second-order valence-corrected chi connectivity index (χ2v) is 9.39. The molecule has 0 radical (unpaired) electrons. The lowest BCUT2D eigenvalue weighted by atomic mass is 10.2. The van der Waals surface area contributed by atoms with E-state index in [9.17, 15) is 4.79 Å². The summed E-state index contributed by atoms with van der Waals surface area (Å²) in [6.45, 7) is 2.07. The van der Waals surface area contributed by atoms with E-state index in [-0.39, 0.29) is 12.5 Å². The van der Waals surface area contributed by atoms with Gasteiger partial charge in [0.1, 0.15) is 23.1 Å². The van der Waals surface area contributed by atoms with Crippen molar-refractivity contribution in [2.75, 3.05) is 26.9 Å². The summed E-state index contributed by atoms with van der Waals surface area (Å²) in [4.78, 5) is 16.9. The SMILES string of the molecule is COc1cccc(OCCCn2c(CCCCCNC(=O)COc3ccc(Cl)cc3)nc3ccccc32)c1. The summed E-state index contributed by atoms with van der Waals surface area (Å²) in [5.41, 5.74) is 2.17. The van der Waals surface area contributed by atoms with Crippen LogP contribution in [0.3, 0.4) is 0 Å². The fourth-order valence-corrected chi connectivity index (χ4v) is 4.34. The van der Waals surface area contributed by atoms with Crippen LogP contribution in [0.4, 0.5) is 0 Å². The van der Waals surface area contributed by atoms with E-state index >= 15 is 0 Å². The third-order valence-corrected chi connectivity index (χ3v) is 6.40. The maximum absolute atomic E-state index is 12.0. The van der Waals surface area contributed by atoms with E-state index in [0.29, 0.717) is 23.9 Å². The number of nitrogens with zero attached hydrogens (tertiary/aromatic N) is 2. The number of imidazole rings is 1. The van der Waals surface area contributed by atoms with Gasteiger partial charge >= 0.3 is 0 Å². The molecule has 0 aliphatic carbocycles. The van der Waals surface area contributed by atoms with Crippen molar-refractivity contribution >= 4 is 28.5 Å². The van der Waals surface area contributed by atoms with Crippen LogP contribution in [-0.4, -0.2) is 42.3 Å². The van der Waals surface area contributed by atoms with Crippen LogP contribution < -0.4 is 19.5 Å². The van der Waals surface area contributed by atoms with Crippen LogP contribution in [0.1, 0.15) is 31.5 Å². The summed E-state index contributed by atoms with van der Waals surface area (Å²) in [6, 6.07) is 22.9. The topological polar surface area (TPSA) is 74.6 Å². The highest BCUT2D eigenvalue weighted by molar-refractivity contribution is 6.30. The van der Waals surface area contributed by atoms with Gasteiger partial charge in [0.05, 0.1) is 24.8 Å². The molecule has 7 nitrogen and oxygen atoms in total. The van der Waals surface area contributed by atoms with Crippen molar-refractivity contribution < 1.29 is 19.0 Å². The number of halogens is 1. The molecular weight excluding hydrogens is 502 g/mol. The molecule has 200 valence electrons. The maximum Gasteiger partial charge on any atom is 0.257 e. The van der Waals surface area contributed by atoms with Crippen LogP contribution >= 0.6 is 11.6 Å². The first kappa shape index (κ1) is 27.3. The molecule has 1 N–H and O–H groups in total. The number of methoxy groups -OCH3 is 1. The number of carbonyl (C=O) groups excluding carboxylic acids is 1. The molecule has 8 heteroatoms. The van der Waals surface area contributed by atoms with Gasteiger partial charge in [-0.15, -0.1) is 0 Å². The zero-order valence-corrected chi connectivity index (χ0v) is 22.5. The van der Waals surface area contributed by atoms with Crippen molar-refractivity contribution in [3.8, 4) is 17.2 Å². The summed E-state index contributed by atoms with van der Waals surface area (Å²) >= 11 is 5.86. The largest absolute Gasteiger partial charge is 0.497 e. The third-order valence-electron chi connectivity index (χ3n) is 6.15. The highest BCUT2D eigenvalue weighted by Gasteiger charge is 2.10. The molecule has 3 aromatic carbocycles. The van der Waals surface area contributed by atoms with Crippen molar-refractivity contribution in [3.05, 3.63) is 83.6 Å². The summed E-state index contributed by atoms with van der Waals surface area (Å²) in [6.07, 6.45) is 4.66. The molecule has 0 aliphatic heterocycles. The van der Waals surface area contributed by atoms with E-state index in [2.05, 4.69) is 28.1 Å². The van der Waals surface area contributed by atoms with Crippen molar-refractivity contribution in [2.24, 2.45) is 0 Å².